The number of aryl methyl sites for hydroxylation is 1. The lowest BCUT2D eigenvalue weighted by atomic mass is 10.0. The first-order valence-corrected chi connectivity index (χ1v) is 14.5. The van der Waals surface area contributed by atoms with Gasteiger partial charge in [0.2, 0.25) is 5.91 Å². The number of amides is 2. The van der Waals surface area contributed by atoms with Gasteiger partial charge < -0.3 is 14.6 Å². The maximum absolute atomic E-state index is 13.6. The van der Waals surface area contributed by atoms with Crippen LogP contribution < -0.4 is 5.32 Å². The summed E-state index contributed by atoms with van der Waals surface area (Å²) in [6.45, 7) is 2.22. The quantitative estimate of drug-likeness (QED) is 0.151. The molecule has 214 valence electrons. The molecule has 0 radical (unpaired) electrons. The summed E-state index contributed by atoms with van der Waals surface area (Å²) in [4.78, 5) is 28.6. The van der Waals surface area contributed by atoms with Crippen molar-refractivity contribution >= 4 is 17.6 Å². The third-order valence-electron chi connectivity index (χ3n) is 7.12. The van der Waals surface area contributed by atoms with E-state index in [4.69, 9.17) is 9.52 Å². The maximum atomic E-state index is 13.6. The van der Waals surface area contributed by atoms with Crippen LogP contribution in [0.2, 0.25) is 0 Å². The summed E-state index contributed by atoms with van der Waals surface area (Å²) < 4.78 is 7.23. The van der Waals surface area contributed by atoms with Gasteiger partial charge in [0, 0.05) is 17.2 Å². The Kier molecular flexibility index (Phi) is 9.62. The average molecular weight is 561 g/mol. The van der Waals surface area contributed by atoms with Gasteiger partial charge in [-0.05, 0) is 54.8 Å². The summed E-state index contributed by atoms with van der Waals surface area (Å²) in [5.74, 6) is 0.548. The van der Waals surface area contributed by atoms with Gasteiger partial charge in [-0.15, -0.1) is 0 Å². The minimum absolute atomic E-state index is 0.154. The first-order valence-electron chi connectivity index (χ1n) is 14.5. The number of aromatic nitrogens is 2. The molecule has 0 spiro atoms. The molecule has 0 aliphatic carbocycles. The highest BCUT2D eigenvalue weighted by molar-refractivity contribution is 5.99. The molecule has 0 saturated carbocycles. The molecular formula is C35H36N4O3. The fraction of sp³-hybridized carbons (Fsp3) is 0.229. The summed E-state index contributed by atoms with van der Waals surface area (Å²) >= 11 is 0. The van der Waals surface area contributed by atoms with Gasteiger partial charge in [0.05, 0.1) is 24.2 Å². The van der Waals surface area contributed by atoms with Crippen LogP contribution in [0, 0.1) is 0 Å². The van der Waals surface area contributed by atoms with E-state index in [1.165, 1.54) is 29.7 Å². The van der Waals surface area contributed by atoms with Gasteiger partial charge in [-0.25, -0.2) is 4.68 Å². The SMILES string of the molecule is CCCCCCc1ccc(C(=O)N(CC(=O)Nc2cc(-c3ccccc3)nn2-c2ccccc2)Cc2ccco2)cc1. The van der Waals surface area contributed by atoms with Gasteiger partial charge in [0.25, 0.3) is 5.91 Å². The molecule has 5 aromatic rings. The van der Waals surface area contributed by atoms with Crippen molar-refractivity contribution in [3.8, 4) is 16.9 Å². The Bertz CT molecular complexity index is 1560. The van der Waals surface area contributed by atoms with E-state index in [2.05, 4.69) is 12.2 Å². The Balaban J connectivity index is 1.34. The summed E-state index contributed by atoms with van der Waals surface area (Å²) in [5, 5.41) is 7.77. The maximum Gasteiger partial charge on any atom is 0.254 e. The van der Waals surface area contributed by atoms with Crippen LogP contribution in [-0.2, 0) is 17.8 Å². The lowest BCUT2D eigenvalue weighted by molar-refractivity contribution is -0.117. The van der Waals surface area contributed by atoms with Crippen LogP contribution in [0.25, 0.3) is 16.9 Å². The molecule has 0 bridgehead atoms. The van der Waals surface area contributed by atoms with Gasteiger partial charge in [0.1, 0.15) is 18.1 Å². The molecule has 0 aliphatic heterocycles. The molecule has 7 heteroatoms. The predicted octanol–water partition coefficient (Wildman–Crippen LogP) is 7.54. The van der Waals surface area contributed by atoms with E-state index >= 15 is 0 Å². The highest BCUT2D eigenvalue weighted by Crippen LogP contribution is 2.25. The number of nitrogens with one attached hydrogen (secondary N) is 1. The highest BCUT2D eigenvalue weighted by Gasteiger charge is 2.22. The Hall–Kier alpha value is -4.91. The van der Waals surface area contributed by atoms with E-state index in [1.54, 1.807) is 23.1 Å². The summed E-state index contributed by atoms with van der Waals surface area (Å²) in [7, 11) is 0. The van der Waals surface area contributed by atoms with Crippen LogP contribution in [0.4, 0.5) is 5.82 Å². The molecule has 1 N–H and O–H groups in total. The number of rotatable bonds is 13. The smallest absolute Gasteiger partial charge is 0.254 e. The molecule has 5 rings (SSSR count). The van der Waals surface area contributed by atoms with Crippen LogP contribution in [0.5, 0.6) is 0 Å². The van der Waals surface area contributed by atoms with Gasteiger partial charge in [-0.1, -0.05) is 86.8 Å². The number of hydrogen-bond acceptors (Lipinski definition) is 4. The van der Waals surface area contributed by atoms with E-state index in [1.807, 2.05) is 91.0 Å². The zero-order valence-corrected chi connectivity index (χ0v) is 23.9. The molecule has 42 heavy (non-hydrogen) atoms. The number of carbonyl (C=O) groups excluding carboxylic acids is 2. The van der Waals surface area contributed by atoms with Crippen molar-refractivity contribution in [3.05, 3.63) is 126 Å². The standard InChI is InChI=1S/C35H36N4O3/c1-2-3-4-7-13-27-19-21-29(22-20-27)35(41)38(25-31-18-12-23-42-31)26-34(40)36-33-24-32(28-14-8-5-9-15-28)37-39(33)30-16-10-6-11-17-30/h5-6,8-12,14-24H,2-4,7,13,25-26H2,1H3,(H,36,40). The van der Waals surface area contributed by atoms with E-state index in [-0.39, 0.29) is 24.9 Å². The second kappa shape index (κ2) is 14.1. The molecule has 2 aromatic heterocycles. The Labute approximate surface area is 246 Å². The zero-order valence-electron chi connectivity index (χ0n) is 23.9. The molecule has 7 nitrogen and oxygen atoms in total. The fourth-order valence-corrected chi connectivity index (χ4v) is 4.88. The number of carbonyl (C=O) groups is 2. The van der Waals surface area contributed by atoms with E-state index in [0.29, 0.717) is 17.1 Å². The summed E-state index contributed by atoms with van der Waals surface area (Å²) in [6.07, 6.45) is 7.34. The van der Waals surface area contributed by atoms with Gasteiger partial charge in [-0.2, -0.15) is 5.10 Å². The fourth-order valence-electron chi connectivity index (χ4n) is 4.88. The molecule has 2 heterocycles. The first kappa shape index (κ1) is 28.6. The highest BCUT2D eigenvalue weighted by atomic mass is 16.3. The van der Waals surface area contributed by atoms with Crippen molar-refractivity contribution in [1.82, 2.24) is 14.7 Å². The van der Waals surface area contributed by atoms with Crippen molar-refractivity contribution in [2.45, 2.75) is 45.6 Å². The molecule has 0 saturated heterocycles. The number of furan rings is 1. The number of benzene rings is 3. The average Bonchev–Trinajstić information content (AvgIpc) is 3.70. The number of nitrogens with zero attached hydrogens (tertiary/aromatic N) is 3. The van der Waals surface area contributed by atoms with E-state index in [0.717, 1.165) is 29.8 Å². The Morgan fingerprint density at radius 3 is 2.29 bits per heavy atom. The number of para-hydroxylation sites is 1. The molecule has 3 aromatic carbocycles. The largest absolute Gasteiger partial charge is 0.467 e. The zero-order chi connectivity index (χ0) is 29.1. The van der Waals surface area contributed by atoms with Crippen molar-refractivity contribution in [2.24, 2.45) is 0 Å². The number of hydrogen-bond donors (Lipinski definition) is 1. The predicted molar refractivity (Wildman–Crippen MR) is 165 cm³/mol. The van der Waals surface area contributed by atoms with Gasteiger partial charge in [0.15, 0.2) is 0 Å². The summed E-state index contributed by atoms with van der Waals surface area (Å²) in [6, 6.07) is 32.6. The van der Waals surface area contributed by atoms with Crippen LogP contribution in [0.3, 0.4) is 0 Å². The normalized spacial score (nSPS) is 10.9. The van der Waals surface area contributed by atoms with Crippen molar-refractivity contribution in [3.63, 3.8) is 0 Å². The minimum atomic E-state index is -0.334. The van der Waals surface area contributed by atoms with Crippen molar-refractivity contribution in [2.75, 3.05) is 11.9 Å². The monoisotopic (exact) mass is 560 g/mol. The van der Waals surface area contributed by atoms with Crippen molar-refractivity contribution < 1.29 is 14.0 Å². The molecule has 0 unspecified atom stereocenters. The van der Waals surface area contributed by atoms with Crippen molar-refractivity contribution in [1.29, 1.82) is 0 Å². The van der Waals surface area contributed by atoms with Crippen LogP contribution in [0.15, 0.2) is 114 Å². The topological polar surface area (TPSA) is 80.4 Å². The molecule has 2 amide bonds. The second-order valence-corrected chi connectivity index (χ2v) is 10.3. The van der Waals surface area contributed by atoms with Crippen LogP contribution in [-0.4, -0.2) is 33.0 Å². The van der Waals surface area contributed by atoms with E-state index in [9.17, 15) is 9.59 Å². The third-order valence-corrected chi connectivity index (χ3v) is 7.12. The number of anilines is 1. The third kappa shape index (κ3) is 7.43. The second-order valence-electron chi connectivity index (χ2n) is 10.3. The molecule has 0 aliphatic rings. The Morgan fingerprint density at radius 1 is 0.857 bits per heavy atom. The minimum Gasteiger partial charge on any atom is -0.467 e. The molecule has 0 atom stereocenters. The number of unbranched alkanes of at least 4 members (excludes halogenated alkanes) is 3. The van der Waals surface area contributed by atoms with E-state index < -0.39 is 0 Å². The molecule has 0 fully saturated rings. The summed E-state index contributed by atoms with van der Waals surface area (Å²) in [5.41, 5.74) is 4.22. The lowest BCUT2D eigenvalue weighted by Gasteiger charge is -2.21. The molecular weight excluding hydrogens is 524 g/mol. The van der Waals surface area contributed by atoms with Gasteiger partial charge >= 0.3 is 0 Å². The van der Waals surface area contributed by atoms with Crippen LogP contribution >= 0.6 is 0 Å². The first-order chi connectivity index (χ1) is 20.6. The Morgan fingerprint density at radius 2 is 1.60 bits per heavy atom. The lowest BCUT2D eigenvalue weighted by Crippen LogP contribution is -2.37. The van der Waals surface area contributed by atoms with Gasteiger partial charge in [-0.3, -0.25) is 9.59 Å². The van der Waals surface area contributed by atoms with Crippen LogP contribution in [0.1, 0.15) is 54.3 Å².